The van der Waals surface area contributed by atoms with Crippen LogP contribution in [0.1, 0.15) is 5.56 Å². The maximum Gasteiger partial charge on any atom is 0.147 e. The molecule has 0 aromatic heterocycles. The zero-order valence-electron chi connectivity index (χ0n) is 11.2. The fourth-order valence-electron chi connectivity index (χ4n) is 1.49. The highest BCUT2D eigenvalue weighted by atomic mass is 79.9. The maximum absolute atomic E-state index is 5.75. The zero-order valence-corrected chi connectivity index (χ0v) is 15.2. The van der Waals surface area contributed by atoms with Gasteiger partial charge in [-0.2, -0.15) is 11.8 Å². The molecule has 0 fully saturated rings. The molecule has 1 N–H and O–H groups in total. The number of rotatable bonds is 9. The Morgan fingerprint density at radius 2 is 1.89 bits per heavy atom. The van der Waals surface area contributed by atoms with E-state index in [-0.39, 0.29) is 0 Å². The topological polar surface area (TPSA) is 30.5 Å². The van der Waals surface area contributed by atoms with Crippen molar-refractivity contribution in [3.8, 4) is 5.75 Å². The molecule has 3 nitrogen and oxygen atoms in total. The van der Waals surface area contributed by atoms with Crippen LogP contribution >= 0.6 is 43.6 Å². The third kappa shape index (κ3) is 6.49. The van der Waals surface area contributed by atoms with Crippen molar-refractivity contribution in [2.45, 2.75) is 6.54 Å². The third-order valence-electron chi connectivity index (χ3n) is 2.40. The summed E-state index contributed by atoms with van der Waals surface area (Å²) in [6.07, 6.45) is 2.07. The molecule has 0 aliphatic rings. The number of ether oxygens (including phenoxy) is 2. The van der Waals surface area contributed by atoms with Gasteiger partial charge >= 0.3 is 0 Å². The van der Waals surface area contributed by atoms with E-state index in [2.05, 4.69) is 55.6 Å². The van der Waals surface area contributed by atoms with E-state index in [4.69, 9.17) is 9.47 Å². The maximum atomic E-state index is 5.75. The van der Waals surface area contributed by atoms with Gasteiger partial charge in [0.25, 0.3) is 0 Å². The van der Waals surface area contributed by atoms with Gasteiger partial charge in [-0.1, -0.05) is 0 Å². The lowest BCUT2D eigenvalue weighted by Gasteiger charge is -2.12. The summed E-state index contributed by atoms with van der Waals surface area (Å²) in [7, 11) is 1.70. The van der Waals surface area contributed by atoms with Crippen molar-refractivity contribution >= 4 is 43.6 Å². The van der Waals surface area contributed by atoms with Crippen molar-refractivity contribution < 1.29 is 9.47 Å². The van der Waals surface area contributed by atoms with Crippen molar-refractivity contribution in [2.75, 3.05) is 38.9 Å². The Hall–Kier alpha value is 0.250. The van der Waals surface area contributed by atoms with Gasteiger partial charge in [0.15, 0.2) is 0 Å². The van der Waals surface area contributed by atoms with Crippen LogP contribution in [0.3, 0.4) is 0 Å². The number of thioether (sulfide) groups is 1. The van der Waals surface area contributed by atoms with Crippen LogP contribution in [-0.4, -0.2) is 38.9 Å². The van der Waals surface area contributed by atoms with Crippen LogP contribution < -0.4 is 10.1 Å². The van der Waals surface area contributed by atoms with Crippen LogP contribution in [0.4, 0.5) is 0 Å². The number of methoxy groups -OCH3 is 1. The van der Waals surface area contributed by atoms with E-state index in [1.807, 2.05) is 0 Å². The largest absolute Gasteiger partial charge is 0.490 e. The Morgan fingerprint density at radius 3 is 2.47 bits per heavy atom. The summed E-state index contributed by atoms with van der Waals surface area (Å²) in [5.74, 6) is 1.86. The lowest BCUT2D eigenvalue weighted by atomic mass is 10.2. The van der Waals surface area contributed by atoms with Crippen molar-refractivity contribution in [2.24, 2.45) is 0 Å². The molecular weight excluding hydrogens is 394 g/mol. The monoisotopic (exact) mass is 411 g/mol. The minimum Gasteiger partial charge on any atom is -0.490 e. The Bertz CT molecular complexity index is 368. The predicted molar refractivity (Wildman–Crippen MR) is 89.3 cm³/mol. The van der Waals surface area contributed by atoms with Gasteiger partial charge in [-0.25, -0.2) is 0 Å². The molecule has 0 saturated carbocycles. The summed E-state index contributed by atoms with van der Waals surface area (Å²) < 4.78 is 12.7. The van der Waals surface area contributed by atoms with E-state index in [1.54, 1.807) is 18.9 Å². The Labute approximate surface area is 136 Å². The average molecular weight is 413 g/mol. The predicted octanol–water partition coefficient (Wildman–Crippen LogP) is 3.69. The highest BCUT2D eigenvalue weighted by molar-refractivity contribution is 9.11. The molecule has 0 saturated heterocycles. The second-order valence-electron chi connectivity index (χ2n) is 3.90. The van der Waals surface area contributed by atoms with Gasteiger partial charge in [0.05, 0.1) is 22.2 Å². The molecule has 108 valence electrons. The minimum atomic E-state index is 0.712. The van der Waals surface area contributed by atoms with E-state index in [0.29, 0.717) is 6.61 Å². The van der Waals surface area contributed by atoms with Crippen LogP contribution in [0.15, 0.2) is 21.1 Å². The fraction of sp³-hybridized carbons (Fsp3) is 0.538. The first kappa shape index (κ1) is 17.3. The van der Waals surface area contributed by atoms with Gasteiger partial charge in [-0.3, -0.25) is 0 Å². The van der Waals surface area contributed by atoms with Gasteiger partial charge in [0, 0.05) is 26.0 Å². The van der Waals surface area contributed by atoms with Gasteiger partial charge in [0.1, 0.15) is 5.75 Å². The molecule has 0 heterocycles. The summed E-state index contributed by atoms with van der Waals surface area (Å²) in [5, 5.41) is 3.32. The van der Waals surface area contributed by atoms with Crippen molar-refractivity contribution in [3.05, 3.63) is 26.6 Å². The number of halogens is 2. The summed E-state index contributed by atoms with van der Waals surface area (Å²) in [4.78, 5) is 0. The normalized spacial score (nSPS) is 10.7. The van der Waals surface area contributed by atoms with Crippen molar-refractivity contribution in [3.63, 3.8) is 0 Å². The average Bonchev–Trinajstić information content (AvgIpc) is 2.38. The highest BCUT2D eigenvalue weighted by Gasteiger charge is 2.08. The minimum absolute atomic E-state index is 0.712. The van der Waals surface area contributed by atoms with Crippen molar-refractivity contribution in [1.82, 2.24) is 5.32 Å². The first-order chi connectivity index (χ1) is 9.19. The van der Waals surface area contributed by atoms with Crippen LogP contribution in [0.25, 0.3) is 0 Å². The molecular formula is C13H19Br2NO2S. The molecule has 1 aromatic carbocycles. The molecule has 0 bridgehead atoms. The molecule has 6 heteroatoms. The van der Waals surface area contributed by atoms with Gasteiger partial charge < -0.3 is 14.8 Å². The Balaban J connectivity index is 2.57. The zero-order chi connectivity index (χ0) is 14.1. The summed E-state index contributed by atoms with van der Waals surface area (Å²) >= 11 is 8.89. The van der Waals surface area contributed by atoms with E-state index < -0.39 is 0 Å². The summed E-state index contributed by atoms with van der Waals surface area (Å²) in [6.45, 7) is 3.09. The lowest BCUT2D eigenvalue weighted by Crippen LogP contribution is -2.18. The van der Waals surface area contributed by atoms with E-state index in [0.717, 1.165) is 40.1 Å². The molecule has 0 spiro atoms. The van der Waals surface area contributed by atoms with Gasteiger partial charge in [-0.15, -0.1) is 0 Å². The molecule has 0 aliphatic heterocycles. The summed E-state index contributed by atoms with van der Waals surface area (Å²) in [6, 6.07) is 4.16. The molecule has 0 atom stereocenters. The second kappa shape index (κ2) is 10.0. The molecule has 1 aromatic rings. The first-order valence-corrected chi connectivity index (χ1v) is 8.96. The summed E-state index contributed by atoms with van der Waals surface area (Å²) in [5.41, 5.74) is 1.20. The number of nitrogens with one attached hydrogen (secondary N) is 1. The van der Waals surface area contributed by atoms with Crippen molar-refractivity contribution in [1.29, 1.82) is 0 Å². The third-order valence-corrected chi connectivity index (χ3v) is 4.16. The van der Waals surface area contributed by atoms with E-state index >= 15 is 0 Å². The standard InChI is InChI=1S/C13H19Br2NO2S/c1-17-4-3-16-9-10-7-11(14)13(12(15)8-10)18-5-6-19-2/h7-8,16H,3-6,9H2,1-2H3. The lowest BCUT2D eigenvalue weighted by molar-refractivity contribution is 0.199. The highest BCUT2D eigenvalue weighted by Crippen LogP contribution is 2.34. The number of hydrogen-bond donors (Lipinski definition) is 1. The molecule has 0 radical (unpaired) electrons. The Kier molecular flexibility index (Phi) is 9.15. The second-order valence-corrected chi connectivity index (χ2v) is 6.59. The number of hydrogen-bond acceptors (Lipinski definition) is 4. The number of benzene rings is 1. The Morgan fingerprint density at radius 1 is 1.21 bits per heavy atom. The molecule has 0 aliphatic carbocycles. The van der Waals surface area contributed by atoms with Crippen LogP contribution in [0, 0.1) is 0 Å². The van der Waals surface area contributed by atoms with Crippen LogP contribution in [0.5, 0.6) is 5.75 Å². The van der Waals surface area contributed by atoms with Crippen LogP contribution in [-0.2, 0) is 11.3 Å². The van der Waals surface area contributed by atoms with Crippen LogP contribution in [0.2, 0.25) is 0 Å². The van der Waals surface area contributed by atoms with Gasteiger partial charge in [-0.05, 0) is 55.8 Å². The quantitative estimate of drug-likeness (QED) is 0.626. The fourth-order valence-corrected chi connectivity index (χ4v) is 3.25. The van der Waals surface area contributed by atoms with Gasteiger partial charge in [0.2, 0.25) is 0 Å². The molecule has 1 rings (SSSR count). The molecule has 19 heavy (non-hydrogen) atoms. The van der Waals surface area contributed by atoms with E-state index in [9.17, 15) is 0 Å². The smallest absolute Gasteiger partial charge is 0.147 e. The molecule has 0 unspecified atom stereocenters. The SMILES string of the molecule is COCCNCc1cc(Br)c(OCCSC)c(Br)c1. The molecule has 0 amide bonds. The first-order valence-electron chi connectivity index (χ1n) is 5.98. The van der Waals surface area contributed by atoms with E-state index in [1.165, 1.54) is 5.56 Å².